The summed E-state index contributed by atoms with van der Waals surface area (Å²) in [5.74, 6) is 0.977. The number of anilines is 1. The molecule has 1 aromatic carbocycles. The lowest BCUT2D eigenvalue weighted by molar-refractivity contribution is 0.318. The van der Waals surface area contributed by atoms with E-state index >= 15 is 0 Å². The monoisotopic (exact) mass is 207 g/mol. The summed E-state index contributed by atoms with van der Waals surface area (Å²) >= 11 is 0. The highest BCUT2D eigenvalue weighted by Crippen LogP contribution is 2.25. The van der Waals surface area contributed by atoms with Crippen molar-refractivity contribution < 1.29 is 4.74 Å². The average molecular weight is 207 g/mol. The number of ether oxygens (including phenoxy) is 1. The van der Waals surface area contributed by atoms with Gasteiger partial charge in [0.1, 0.15) is 5.75 Å². The Morgan fingerprint density at radius 1 is 1.20 bits per heavy atom. The summed E-state index contributed by atoms with van der Waals surface area (Å²) in [6.45, 7) is 8.14. The fourth-order valence-corrected chi connectivity index (χ4v) is 1.37. The average Bonchev–Trinajstić information content (AvgIpc) is 2.25. The first-order chi connectivity index (χ1) is 7.27. The molecule has 0 aliphatic heterocycles. The molecule has 15 heavy (non-hydrogen) atoms. The highest BCUT2D eigenvalue weighted by molar-refractivity contribution is 5.57. The van der Waals surface area contributed by atoms with Gasteiger partial charge in [0.15, 0.2) is 0 Å². The van der Waals surface area contributed by atoms with Crippen molar-refractivity contribution in [3.63, 3.8) is 0 Å². The van der Waals surface area contributed by atoms with Crippen LogP contribution in [0.4, 0.5) is 5.69 Å². The minimum absolute atomic E-state index is 0.782. The Labute approximate surface area is 92.6 Å². The van der Waals surface area contributed by atoms with Crippen LogP contribution in [0.3, 0.4) is 0 Å². The molecule has 0 bridgehead atoms. The first kappa shape index (κ1) is 11.9. The van der Waals surface area contributed by atoms with Gasteiger partial charge in [0.2, 0.25) is 0 Å². The molecule has 0 radical (unpaired) electrons. The summed E-state index contributed by atoms with van der Waals surface area (Å²) in [6.07, 6.45) is 2.17. The topological polar surface area (TPSA) is 21.3 Å². The number of hydrogen-bond acceptors (Lipinski definition) is 2. The number of benzene rings is 1. The number of rotatable bonds is 6. The van der Waals surface area contributed by atoms with Gasteiger partial charge in [0.25, 0.3) is 0 Å². The van der Waals surface area contributed by atoms with Crippen LogP contribution in [0.25, 0.3) is 0 Å². The van der Waals surface area contributed by atoms with Gasteiger partial charge in [-0.2, -0.15) is 0 Å². The molecule has 2 nitrogen and oxygen atoms in total. The SMILES string of the molecule is CCCNc1ccc(C)cc1OCCC. The highest BCUT2D eigenvalue weighted by Gasteiger charge is 2.02. The summed E-state index contributed by atoms with van der Waals surface area (Å²) in [7, 11) is 0. The van der Waals surface area contributed by atoms with Crippen molar-refractivity contribution in [2.75, 3.05) is 18.5 Å². The van der Waals surface area contributed by atoms with E-state index in [2.05, 4.69) is 44.3 Å². The van der Waals surface area contributed by atoms with Gasteiger partial charge >= 0.3 is 0 Å². The Morgan fingerprint density at radius 3 is 2.67 bits per heavy atom. The van der Waals surface area contributed by atoms with Crippen molar-refractivity contribution in [1.82, 2.24) is 0 Å². The van der Waals surface area contributed by atoms with Gasteiger partial charge in [0.05, 0.1) is 12.3 Å². The molecule has 1 rings (SSSR count). The van der Waals surface area contributed by atoms with Gasteiger partial charge in [-0.25, -0.2) is 0 Å². The fourth-order valence-electron chi connectivity index (χ4n) is 1.37. The molecule has 0 saturated carbocycles. The number of hydrogen-bond donors (Lipinski definition) is 1. The van der Waals surface area contributed by atoms with E-state index in [0.717, 1.165) is 37.4 Å². The van der Waals surface area contributed by atoms with Crippen molar-refractivity contribution in [3.05, 3.63) is 23.8 Å². The lowest BCUT2D eigenvalue weighted by Crippen LogP contribution is -2.04. The van der Waals surface area contributed by atoms with Crippen LogP contribution in [0, 0.1) is 6.92 Å². The zero-order valence-electron chi connectivity index (χ0n) is 9.97. The number of nitrogens with one attached hydrogen (secondary N) is 1. The van der Waals surface area contributed by atoms with E-state index in [1.807, 2.05) is 0 Å². The molecule has 2 heteroatoms. The van der Waals surface area contributed by atoms with Gasteiger partial charge in [-0.15, -0.1) is 0 Å². The quantitative estimate of drug-likeness (QED) is 0.769. The predicted octanol–water partition coefficient (Wildman–Crippen LogP) is 3.61. The second kappa shape index (κ2) is 6.33. The third-order valence-corrected chi connectivity index (χ3v) is 2.16. The van der Waals surface area contributed by atoms with Gasteiger partial charge < -0.3 is 10.1 Å². The van der Waals surface area contributed by atoms with Crippen LogP contribution < -0.4 is 10.1 Å². The predicted molar refractivity (Wildman–Crippen MR) is 65.7 cm³/mol. The molecule has 0 saturated heterocycles. The van der Waals surface area contributed by atoms with E-state index in [1.54, 1.807) is 0 Å². The number of aryl methyl sites for hydroxylation is 1. The van der Waals surface area contributed by atoms with Crippen LogP contribution in [-0.4, -0.2) is 13.2 Å². The molecule has 0 aliphatic carbocycles. The highest BCUT2D eigenvalue weighted by atomic mass is 16.5. The van der Waals surface area contributed by atoms with Gasteiger partial charge in [-0.1, -0.05) is 19.9 Å². The molecule has 1 aromatic rings. The lowest BCUT2D eigenvalue weighted by atomic mass is 10.2. The Kier molecular flexibility index (Phi) is 5.02. The lowest BCUT2D eigenvalue weighted by Gasteiger charge is -2.13. The third kappa shape index (κ3) is 3.82. The van der Waals surface area contributed by atoms with Crippen molar-refractivity contribution >= 4 is 5.69 Å². The molecule has 0 atom stereocenters. The maximum Gasteiger partial charge on any atom is 0.142 e. The van der Waals surface area contributed by atoms with E-state index in [0.29, 0.717) is 0 Å². The summed E-state index contributed by atoms with van der Waals surface area (Å²) in [6, 6.07) is 6.29. The van der Waals surface area contributed by atoms with Crippen LogP contribution in [-0.2, 0) is 0 Å². The Balaban J connectivity index is 2.73. The maximum atomic E-state index is 5.70. The van der Waals surface area contributed by atoms with Crippen molar-refractivity contribution in [3.8, 4) is 5.75 Å². The molecule has 0 aromatic heterocycles. The molecule has 0 fully saturated rings. The fraction of sp³-hybridized carbons (Fsp3) is 0.538. The normalized spacial score (nSPS) is 10.1. The Hall–Kier alpha value is -1.18. The standard InChI is InChI=1S/C13H21NO/c1-4-8-14-12-7-6-11(3)10-13(12)15-9-5-2/h6-7,10,14H,4-5,8-9H2,1-3H3. The zero-order chi connectivity index (χ0) is 11.1. The molecular weight excluding hydrogens is 186 g/mol. The van der Waals surface area contributed by atoms with Crippen molar-refractivity contribution in [1.29, 1.82) is 0 Å². The Bertz CT molecular complexity index is 297. The minimum atomic E-state index is 0.782. The first-order valence-electron chi connectivity index (χ1n) is 5.75. The largest absolute Gasteiger partial charge is 0.491 e. The van der Waals surface area contributed by atoms with E-state index in [1.165, 1.54) is 5.56 Å². The molecule has 84 valence electrons. The zero-order valence-corrected chi connectivity index (χ0v) is 9.97. The van der Waals surface area contributed by atoms with Gasteiger partial charge in [-0.3, -0.25) is 0 Å². The molecule has 0 aliphatic rings. The van der Waals surface area contributed by atoms with Crippen LogP contribution in [0.15, 0.2) is 18.2 Å². The summed E-state index contributed by atoms with van der Waals surface area (Å²) in [5, 5.41) is 3.37. The first-order valence-corrected chi connectivity index (χ1v) is 5.75. The van der Waals surface area contributed by atoms with Crippen LogP contribution >= 0.6 is 0 Å². The second-order valence-corrected chi connectivity index (χ2v) is 3.77. The molecule has 1 N–H and O–H groups in total. The smallest absolute Gasteiger partial charge is 0.142 e. The molecule has 0 heterocycles. The minimum Gasteiger partial charge on any atom is -0.491 e. The van der Waals surface area contributed by atoms with Crippen LogP contribution in [0.2, 0.25) is 0 Å². The van der Waals surface area contributed by atoms with E-state index in [4.69, 9.17) is 4.74 Å². The molecule has 0 amide bonds. The second-order valence-electron chi connectivity index (χ2n) is 3.77. The van der Waals surface area contributed by atoms with Crippen LogP contribution in [0.1, 0.15) is 32.3 Å². The summed E-state index contributed by atoms with van der Waals surface area (Å²) in [5.41, 5.74) is 2.35. The summed E-state index contributed by atoms with van der Waals surface area (Å²) in [4.78, 5) is 0. The van der Waals surface area contributed by atoms with Crippen molar-refractivity contribution in [2.24, 2.45) is 0 Å². The van der Waals surface area contributed by atoms with Gasteiger partial charge in [-0.05, 0) is 37.5 Å². The van der Waals surface area contributed by atoms with E-state index in [-0.39, 0.29) is 0 Å². The molecule has 0 unspecified atom stereocenters. The molecular formula is C13H21NO. The van der Waals surface area contributed by atoms with E-state index in [9.17, 15) is 0 Å². The van der Waals surface area contributed by atoms with Crippen molar-refractivity contribution in [2.45, 2.75) is 33.6 Å². The molecule has 0 spiro atoms. The summed E-state index contributed by atoms with van der Waals surface area (Å²) < 4.78 is 5.70. The third-order valence-electron chi connectivity index (χ3n) is 2.16. The Morgan fingerprint density at radius 2 is 2.00 bits per heavy atom. The van der Waals surface area contributed by atoms with Gasteiger partial charge in [0, 0.05) is 6.54 Å². The van der Waals surface area contributed by atoms with E-state index < -0.39 is 0 Å². The van der Waals surface area contributed by atoms with Crippen LogP contribution in [0.5, 0.6) is 5.75 Å². The maximum absolute atomic E-state index is 5.70.